The van der Waals surface area contributed by atoms with Crippen molar-refractivity contribution in [3.05, 3.63) is 24.3 Å². The van der Waals surface area contributed by atoms with E-state index in [1.54, 1.807) is 19.1 Å². The summed E-state index contributed by atoms with van der Waals surface area (Å²) in [5.41, 5.74) is 0.508. The Bertz CT molecular complexity index is 1090. The Kier molecular flexibility index (Phi) is 6.05. The van der Waals surface area contributed by atoms with Gasteiger partial charge in [-0.2, -0.15) is 0 Å². The third kappa shape index (κ3) is 5.00. The average molecular weight is 443 g/mol. The molecular formula is C17H22N4O6S2. The van der Waals surface area contributed by atoms with Crippen LogP contribution in [0.2, 0.25) is 0 Å². The molecule has 1 aliphatic rings. The summed E-state index contributed by atoms with van der Waals surface area (Å²) < 4.78 is 53.9. The molecule has 0 spiro atoms. The highest BCUT2D eigenvalue weighted by Crippen LogP contribution is 2.24. The number of amides is 1. The maximum atomic E-state index is 12.4. The molecule has 1 N–H and O–H groups in total. The average Bonchev–Trinajstić information content (AvgIpc) is 3.16. The Morgan fingerprint density at radius 1 is 1.21 bits per heavy atom. The Hall–Kier alpha value is -2.31. The first-order valence-electron chi connectivity index (χ1n) is 9.03. The summed E-state index contributed by atoms with van der Waals surface area (Å²) in [4.78, 5) is 12.6. The summed E-state index contributed by atoms with van der Waals surface area (Å²) in [6.45, 7) is 2.08. The molecule has 2 heterocycles. The van der Waals surface area contributed by atoms with E-state index in [1.165, 1.54) is 16.4 Å². The Morgan fingerprint density at radius 3 is 2.52 bits per heavy atom. The van der Waals surface area contributed by atoms with Crippen LogP contribution < -0.4 is 5.32 Å². The molecule has 1 aromatic carbocycles. The van der Waals surface area contributed by atoms with Gasteiger partial charge in [-0.3, -0.25) is 10.1 Å². The van der Waals surface area contributed by atoms with Gasteiger partial charge in [-0.1, -0.05) is 12.0 Å². The van der Waals surface area contributed by atoms with Gasteiger partial charge in [0, 0.05) is 18.7 Å². The molecule has 10 nitrogen and oxygen atoms in total. The van der Waals surface area contributed by atoms with Crippen LogP contribution in [0.5, 0.6) is 0 Å². The van der Waals surface area contributed by atoms with Crippen molar-refractivity contribution in [1.82, 2.24) is 14.5 Å². The van der Waals surface area contributed by atoms with Crippen LogP contribution >= 0.6 is 0 Å². The molecule has 1 atom stereocenters. The lowest BCUT2D eigenvalue weighted by molar-refractivity contribution is -0.121. The number of benzene rings is 1. The van der Waals surface area contributed by atoms with Gasteiger partial charge < -0.3 is 4.42 Å². The quantitative estimate of drug-likeness (QED) is 0.702. The number of sulfonamides is 1. The van der Waals surface area contributed by atoms with Gasteiger partial charge in [0.1, 0.15) is 0 Å². The lowest BCUT2D eigenvalue weighted by Gasteiger charge is -2.29. The number of hydrogen-bond donors (Lipinski definition) is 1. The summed E-state index contributed by atoms with van der Waals surface area (Å²) in [7, 11) is -6.66. The molecule has 158 valence electrons. The molecule has 0 saturated carbocycles. The van der Waals surface area contributed by atoms with Crippen LogP contribution in [0.4, 0.5) is 6.01 Å². The monoisotopic (exact) mass is 442 g/mol. The van der Waals surface area contributed by atoms with Crippen LogP contribution in [-0.4, -0.2) is 62.3 Å². The molecule has 12 heteroatoms. The van der Waals surface area contributed by atoms with Gasteiger partial charge in [0.05, 0.1) is 22.8 Å². The topological polar surface area (TPSA) is 140 Å². The molecule has 1 saturated heterocycles. The van der Waals surface area contributed by atoms with E-state index in [0.29, 0.717) is 24.9 Å². The number of rotatable bonds is 6. The Labute approximate surface area is 169 Å². The van der Waals surface area contributed by atoms with E-state index in [0.717, 1.165) is 6.26 Å². The summed E-state index contributed by atoms with van der Waals surface area (Å²) in [6.07, 6.45) is 2.27. The van der Waals surface area contributed by atoms with Crippen molar-refractivity contribution in [3.63, 3.8) is 0 Å². The van der Waals surface area contributed by atoms with Crippen molar-refractivity contribution in [1.29, 1.82) is 0 Å². The van der Waals surface area contributed by atoms with Crippen LogP contribution in [0, 0.1) is 5.92 Å². The molecule has 1 aliphatic heterocycles. The SMILES string of the molecule is CCS(=O)(=O)c1ccc(-c2nnc(NC(=O)[C@H]3CCCN(S(C)(=O)=O)C3)o2)cc1. The lowest BCUT2D eigenvalue weighted by atomic mass is 9.99. The summed E-state index contributed by atoms with van der Waals surface area (Å²) >= 11 is 0. The van der Waals surface area contributed by atoms with Crippen molar-refractivity contribution >= 4 is 31.8 Å². The zero-order valence-electron chi connectivity index (χ0n) is 16.0. The maximum absolute atomic E-state index is 12.4. The fraction of sp³-hybridized carbons (Fsp3) is 0.471. The molecule has 0 unspecified atom stereocenters. The fourth-order valence-electron chi connectivity index (χ4n) is 3.03. The molecule has 0 bridgehead atoms. The second-order valence-electron chi connectivity index (χ2n) is 6.79. The first-order valence-corrected chi connectivity index (χ1v) is 12.5. The van der Waals surface area contributed by atoms with Crippen LogP contribution in [0.3, 0.4) is 0 Å². The van der Waals surface area contributed by atoms with E-state index in [2.05, 4.69) is 15.5 Å². The molecule has 2 aromatic rings. The van der Waals surface area contributed by atoms with Gasteiger partial charge in [0.15, 0.2) is 9.84 Å². The highest BCUT2D eigenvalue weighted by Gasteiger charge is 2.31. The number of nitrogens with one attached hydrogen (secondary N) is 1. The van der Waals surface area contributed by atoms with Gasteiger partial charge in [-0.15, -0.1) is 5.10 Å². The third-order valence-electron chi connectivity index (χ3n) is 4.72. The minimum Gasteiger partial charge on any atom is -0.403 e. The number of hydrogen-bond acceptors (Lipinski definition) is 8. The number of aromatic nitrogens is 2. The summed E-state index contributed by atoms with van der Waals surface area (Å²) in [5, 5.41) is 10.2. The first kappa shape index (κ1) is 21.4. The van der Waals surface area contributed by atoms with Crippen molar-refractivity contribution < 1.29 is 26.0 Å². The number of anilines is 1. The largest absolute Gasteiger partial charge is 0.403 e. The maximum Gasteiger partial charge on any atom is 0.322 e. The molecule has 29 heavy (non-hydrogen) atoms. The number of carbonyl (C=O) groups is 1. The number of carbonyl (C=O) groups excluding carboxylic acids is 1. The molecule has 1 aromatic heterocycles. The highest BCUT2D eigenvalue weighted by atomic mass is 32.2. The smallest absolute Gasteiger partial charge is 0.322 e. The van der Waals surface area contributed by atoms with E-state index in [1.807, 2.05) is 0 Å². The number of nitrogens with zero attached hydrogens (tertiary/aromatic N) is 3. The normalized spacial score (nSPS) is 18.5. The third-order valence-corrected chi connectivity index (χ3v) is 7.74. The number of piperidine rings is 1. The molecule has 0 radical (unpaired) electrons. The summed E-state index contributed by atoms with van der Waals surface area (Å²) in [6, 6.07) is 5.91. The Morgan fingerprint density at radius 2 is 1.90 bits per heavy atom. The van der Waals surface area contributed by atoms with Gasteiger partial charge in [0.2, 0.25) is 21.8 Å². The zero-order chi connectivity index (χ0) is 21.2. The second-order valence-corrected chi connectivity index (χ2v) is 11.1. The molecule has 0 aliphatic carbocycles. The van der Waals surface area contributed by atoms with E-state index >= 15 is 0 Å². The molecule has 1 fully saturated rings. The van der Waals surface area contributed by atoms with Crippen LogP contribution in [-0.2, 0) is 24.7 Å². The Balaban J connectivity index is 1.68. The van der Waals surface area contributed by atoms with Gasteiger partial charge >= 0.3 is 6.01 Å². The van der Waals surface area contributed by atoms with Crippen molar-refractivity contribution in [2.45, 2.75) is 24.7 Å². The second kappa shape index (κ2) is 8.20. The zero-order valence-corrected chi connectivity index (χ0v) is 17.7. The van der Waals surface area contributed by atoms with E-state index < -0.39 is 31.7 Å². The van der Waals surface area contributed by atoms with Crippen LogP contribution in [0.1, 0.15) is 19.8 Å². The van der Waals surface area contributed by atoms with Gasteiger partial charge in [0.25, 0.3) is 0 Å². The minimum atomic E-state index is -3.35. The van der Waals surface area contributed by atoms with Crippen LogP contribution in [0.15, 0.2) is 33.6 Å². The van der Waals surface area contributed by atoms with Crippen molar-refractivity contribution in [2.24, 2.45) is 5.92 Å². The van der Waals surface area contributed by atoms with Gasteiger partial charge in [-0.05, 0) is 37.1 Å². The van der Waals surface area contributed by atoms with Crippen molar-refractivity contribution in [3.8, 4) is 11.5 Å². The molecule has 3 rings (SSSR count). The van der Waals surface area contributed by atoms with Crippen molar-refractivity contribution in [2.75, 3.05) is 30.4 Å². The van der Waals surface area contributed by atoms with E-state index in [-0.39, 0.29) is 29.1 Å². The minimum absolute atomic E-state index is 0.00100. The van der Waals surface area contributed by atoms with E-state index in [9.17, 15) is 21.6 Å². The standard InChI is InChI=1S/C17H22N4O6S2/c1-3-29(25,26)14-8-6-12(7-9-14)16-19-20-17(27-16)18-15(22)13-5-4-10-21(11-13)28(2,23)24/h6-9,13H,3-5,10-11H2,1-2H3,(H,18,20,22)/t13-/m0/s1. The highest BCUT2D eigenvalue weighted by molar-refractivity contribution is 7.91. The first-order chi connectivity index (χ1) is 13.6. The molecule has 1 amide bonds. The van der Waals surface area contributed by atoms with E-state index in [4.69, 9.17) is 4.42 Å². The molecular weight excluding hydrogens is 420 g/mol. The lowest BCUT2D eigenvalue weighted by Crippen LogP contribution is -2.43. The van der Waals surface area contributed by atoms with Crippen LogP contribution in [0.25, 0.3) is 11.5 Å². The van der Waals surface area contributed by atoms with Gasteiger partial charge in [-0.25, -0.2) is 21.1 Å². The fourth-order valence-corrected chi connectivity index (χ4v) is 4.82. The predicted molar refractivity (Wildman–Crippen MR) is 105 cm³/mol. The number of sulfone groups is 1. The predicted octanol–water partition coefficient (Wildman–Crippen LogP) is 1.14. The summed E-state index contributed by atoms with van der Waals surface area (Å²) in [5.74, 6) is -0.770.